The highest BCUT2D eigenvalue weighted by Crippen LogP contribution is 2.68. The molecular formula is C46H60N4O13S. The normalized spacial score (nSPS) is 35.0. The Morgan fingerprint density at radius 3 is 2.28 bits per heavy atom. The molecule has 0 radical (unpaired) electrons. The molecule has 1 spiro atoms. The van der Waals surface area contributed by atoms with Crippen molar-refractivity contribution >= 4 is 44.9 Å². The molecule has 9 rings (SSSR count). The number of ether oxygens (including phenoxy) is 4. The van der Waals surface area contributed by atoms with Crippen LogP contribution in [0.5, 0.6) is 5.75 Å². The zero-order valence-electron chi connectivity index (χ0n) is 37.4. The van der Waals surface area contributed by atoms with Gasteiger partial charge in [-0.05, 0) is 74.2 Å². The number of H-pyrrole nitrogens is 1. The second-order valence-electron chi connectivity index (χ2n) is 18.7. The predicted molar refractivity (Wildman–Crippen MR) is 235 cm³/mol. The Labute approximate surface area is 373 Å². The molecule has 3 fully saturated rings. The molecule has 3 aromatic rings. The molecule has 2 aromatic carbocycles. The number of esters is 3. The van der Waals surface area contributed by atoms with Crippen molar-refractivity contribution in [3.8, 4) is 5.75 Å². The molecule has 10 atom stereocenters. The molecule has 17 nitrogen and oxygen atoms in total. The first-order valence-corrected chi connectivity index (χ1v) is 23.3. The van der Waals surface area contributed by atoms with E-state index >= 15 is 4.79 Å². The number of hydrogen-bond donors (Lipinski definition) is 5. The van der Waals surface area contributed by atoms with Gasteiger partial charge in [0, 0.05) is 90.9 Å². The Morgan fingerprint density at radius 1 is 0.938 bits per heavy atom. The Kier molecular flexibility index (Phi) is 11.6. The van der Waals surface area contributed by atoms with Crippen molar-refractivity contribution in [2.75, 3.05) is 66.0 Å². The van der Waals surface area contributed by atoms with Crippen LogP contribution in [-0.4, -0.2) is 151 Å². The first kappa shape index (κ1) is 46.0. The molecule has 64 heavy (non-hydrogen) atoms. The fraction of sp³-hybridized carbons (Fsp3) is 0.587. The molecule has 2 saturated heterocycles. The Balaban J connectivity index is 0.00000106. The summed E-state index contributed by atoms with van der Waals surface area (Å²) in [4.78, 5) is 53.2. The van der Waals surface area contributed by atoms with Gasteiger partial charge in [-0.25, -0.2) is 4.79 Å². The minimum absolute atomic E-state index is 0.0986. The van der Waals surface area contributed by atoms with E-state index in [-0.39, 0.29) is 12.0 Å². The Morgan fingerprint density at radius 2 is 1.64 bits per heavy atom. The highest BCUT2D eigenvalue weighted by atomic mass is 32.3. The number of methoxy groups -OCH3 is 3. The maximum Gasteiger partial charge on any atom is 0.394 e. The number of aliphatic hydroxyl groups is 2. The van der Waals surface area contributed by atoms with Crippen molar-refractivity contribution in [1.29, 1.82) is 0 Å². The highest BCUT2D eigenvalue weighted by Gasteiger charge is 2.80. The lowest BCUT2D eigenvalue weighted by molar-refractivity contribution is -0.228. The van der Waals surface area contributed by atoms with E-state index in [4.69, 9.17) is 36.5 Å². The molecule has 1 saturated carbocycles. The zero-order valence-corrected chi connectivity index (χ0v) is 38.2. The van der Waals surface area contributed by atoms with E-state index in [1.165, 1.54) is 21.1 Å². The number of carbonyl (C=O) groups is 3. The minimum atomic E-state index is -4.67. The number of likely N-dealkylation sites (N-methyl/N-ethyl adjacent to an activating group) is 1. The van der Waals surface area contributed by atoms with Crippen LogP contribution in [0.25, 0.3) is 10.9 Å². The van der Waals surface area contributed by atoms with Crippen LogP contribution >= 0.6 is 0 Å². The van der Waals surface area contributed by atoms with Gasteiger partial charge >= 0.3 is 28.3 Å². The molecule has 2 bridgehead atoms. The first-order valence-electron chi connectivity index (χ1n) is 21.9. The lowest BCUT2D eigenvalue weighted by Crippen LogP contribution is -2.81. The van der Waals surface area contributed by atoms with Crippen LogP contribution in [0.3, 0.4) is 0 Å². The molecule has 5 aliphatic heterocycles. The number of anilines is 1. The van der Waals surface area contributed by atoms with Crippen LogP contribution in [-0.2, 0) is 56.2 Å². The number of aromatic amines is 1. The molecule has 6 heterocycles. The van der Waals surface area contributed by atoms with E-state index < -0.39 is 67.9 Å². The third-order valence-corrected chi connectivity index (χ3v) is 15.6. The molecule has 0 amide bonds. The van der Waals surface area contributed by atoms with Crippen molar-refractivity contribution in [3.63, 3.8) is 0 Å². The average Bonchev–Trinajstić information content (AvgIpc) is 3.92. The quantitative estimate of drug-likeness (QED) is 0.0992. The largest absolute Gasteiger partial charge is 0.496 e. The van der Waals surface area contributed by atoms with E-state index in [1.54, 1.807) is 7.11 Å². The zero-order chi connectivity index (χ0) is 46.4. The van der Waals surface area contributed by atoms with E-state index in [0.29, 0.717) is 82.6 Å². The number of nitrogens with one attached hydrogen (secondary N) is 1. The second kappa shape index (κ2) is 16.1. The molecular weight excluding hydrogens is 849 g/mol. The number of piperidine rings is 1. The summed E-state index contributed by atoms with van der Waals surface area (Å²) in [5, 5.41) is 26.3. The van der Waals surface area contributed by atoms with Crippen LogP contribution in [0.15, 0.2) is 48.6 Å². The SMILES string of the molecule is CC[C@]1(O)C[C@H]2CN(CCc3c([nH]c4ccccc34)[C@@](C(=O)OC)(c3cc4c(cc3OC)N(C)[C@@H]3[C@@](O)(C(=O)OC)[C@@H](OC(C)=O)[C@@]5(CC)C=CCN6CC[C@]43[C@@H]65)C2)C1.O=S(=O)(O)O. The predicted octanol–water partition coefficient (Wildman–Crippen LogP) is 3.34. The van der Waals surface area contributed by atoms with Gasteiger partial charge in [-0.15, -0.1) is 0 Å². The topological polar surface area (TPSA) is 229 Å². The van der Waals surface area contributed by atoms with E-state index in [0.717, 1.165) is 33.4 Å². The van der Waals surface area contributed by atoms with Crippen molar-refractivity contribution in [2.24, 2.45) is 11.3 Å². The summed E-state index contributed by atoms with van der Waals surface area (Å²) in [6.07, 6.45) is 5.94. The first-order chi connectivity index (χ1) is 30.2. The van der Waals surface area contributed by atoms with Gasteiger partial charge in [-0.1, -0.05) is 44.2 Å². The number of carbonyl (C=O) groups excluding carboxylic acids is 3. The Hall–Kier alpha value is -4.56. The van der Waals surface area contributed by atoms with E-state index in [1.807, 2.05) is 50.1 Å². The number of para-hydroxylation sites is 1. The smallest absolute Gasteiger partial charge is 0.394 e. The summed E-state index contributed by atoms with van der Waals surface area (Å²) in [7, 11) is 1.49. The van der Waals surface area contributed by atoms with Crippen LogP contribution in [0.2, 0.25) is 0 Å². The second-order valence-corrected chi connectivity index (χ2v) is 19.5. The van der Waals surface area contributed by atoms with Gasteiger partial charge in [0.25, 0.3) is 0 Å². The van der Waals surface area contributed by atoms with Gasteiger partial charge in [0.05, 0.1) is 33.0 Å². The molecule has 6 aliphatic rings. The van der Waals surface area contributed by atoms with Crippen molar-refractivity contribution < 1.29 is 61.1 Å². The van der Waals surface area contributed by atoms with Gasteiger partial charge in [-0.3, -0.25) is 28.5 Å². The molecule has 18 heteroatoms. The number of nitrogens with zero attached hydrogens (tertiary/aromatic N) is 3. The van der Waals surface area contributed by atoms with Gasteiger partial charge in [0.15, 0.2) is 6.10 Å². The van der Waals surface area contributed by atoms with Gasteiger partial charge in [-0.2, -0.15) is 8.42 Å². The van der Waals surface area contributed by atoms with Crippen molar-refractivity contribution in [2.45, 2.75) is 99.5 Å². The maximum absolute atomic E-state index is 15.3. The highest BCUT2D eigenvalue weighted by molar-refractivity contribution is 7.79. The minimum Gasteiger partial charge on any atom is -0.496 e. The summed E-state index contributed by atoms with van der Waals surface area (Å²) in [6.45, 7) is 8.62. The van der Waals surface area contributed by atoms with Crippen molar-refractivity contribution in [3.05, 3.63) is 70.9 Å². The number of rotatable bonds is 7. The van der Waals surface area contributed by atoms with Crippen LogP contribution < -0.4 is 9.64 Å². The number of hydrogen-bond acceptors (Lipinski definition) is 14. The van der Waals surface area contributed by atoms with Gasteiger partial charge < -0.3 is 39.0 Å². The molecule has 1 unspecified atom stereocenters. The maximum atomic E-state index is 15.3. The fourth-order valence-electron chi connectivity index (χ4n) is 13.5. The van der Waals surface area contributed by atoms with Crippen molar-refractivity contribution in [1.82, 2.24) is 14.8 Å². The number of fused-ring (bicyclic) bond motifs is 6. The number of aromatic nitrogens is 1. The Bertz CT molecular complexity index is 2500. The van der Waals surface area contributed by atoms with E-state index in [2.05, 4.69) is 39.1 Å². The molecule has 1 aliphatic carbocycles. The van der Waals surface area contributed by atoms with Crippen LogP contribution in [0, 0.1) is 11.3 Å². The monoisotopic (exact) mass is 908 g/mol. The number of benzene rings is 2. The summed E-state index contributed by atoms with van der Waals surface area (Å²) < 4.78 is 55.5. The average molecular weight is 909 g/mol. The molecule has 5 N–H and O–H groups in total. The summed E-state index contributed by atoms with van der Waals surface area (Å²) >= 11 is 0. The van der Waals surface area contributed by atoms with Crippen LogP contribution in [0.4, 0.5) is 5.69 Å². The van der Waals surface area contributed by atoms with Gasteiger partial charge in [0.2, 0.25) is 5.60 Å². The summed E-state index contributed by atoms with van der Waals surface area (Å²) in [5.74, 6) is -1.56. The summed E-state index contributed by atoms with van der Waals surface area (Å²) in [6, 6.07) is 11.0. The fourth-order valence-corrected chi connectivity index (χ4v) is 13.5. The van der Waals surface area contributed by atoms with E-state index in [9.17, 15) is 19.8 Å². The lowest BCUT2D eigenvalue weighted by Gasteiger charge is -2.63. The lowest BCUT2D eigenvalue weighted by atomic mass is 9.47. The van der Waals surface area contributed by atoms with Gasteiger partial charge in [0.1, 0.15) is 11.2 Å². The summed E-state index contributed by atoms with van der Waals surface area (Å²) in [5.41, 5.74) is -1.62. The third kappa shape index (κ3) is 6.69. The standard InChI is InChI=1S/C46H58N4O9.H2O4S/c1-8-42(54)23-28-24-45(40(52)57-6,36-30(15-19-49(25-28)26-42)29-13-10-11-14-33(29)47-36)32-21-31-34(22-35(32)56-5)48(4)38-44(31)17-20-50-18-12-16-43(9-2,37(44)50)39(59-27(3)51)46(38,55)41(53)58-7;1-5(2,3)4/h10-14,16,21-22,28,37-39,47,54-55H,8-9,15,17-20,23-26H2,1-7H3;(H2,1,2,3,4)/t28-,37+,38+,39+,42+,43+,44-,45+,46+;/m1./s1. The third-order valence-electron chi connectivity index (χ3n) is 15.6. The molecule has 1 aromatic heterocycles. The van der Waals surface area contributed by atoms with Crippen LogP contribution in [0.1, 0.15) is 75.3 Å². The molecule has 348 valence electrons.